The maximum absolute atomic E-state index is 12.2. The number of aliphatic carboxylic acids is 1. The number of nitrogens with one attached hydrogen (secondary N) is 1. The van der Waals surface area contributed by atoms with Gasteiger partial charge in [-0.3, -0.25) is 14.9 Å². The van der Waals surface area contributed by atoms with E-state index in [0.717, 1.165) is 0 Å². The van der Waals surface area contributed by atoms with Crippen LogP contribution in [0.2, 0.25) is 0 Å². The van der Waals surface area contributed by atoms with E-state index in [1.165, 1.54) is 24.3 Å². The number of nitro groups is 1. The van der Waals surface area contributed by atoms with E-state index in [4.69, 9.17) is 0 Å². The molecule has 1 aromatic rings. The summed E-state index contributed by atoms with van der Waals surface area (Å²) in [7, 11) is 0. The van der Waals surface area contributed by atoms with E-state index in [1.54, 1.807) is 0 Å². The van der Waals surface area contributed by atoms with Gasteiger partial charge in [-0.25, -0.2) is 4.79 Å². The molecule has 0 unspecified atom stereocenters. The predicted octanol–water partition coefficient (Wildman–Crippen LogP) is 1.72. The summed E-state index contributed by atoms with van der Waals surface area (Å²) < 4.78 is 0. The molecule has 0 bridgehead atoms. The van der Waals surface area contributed by atoms with Gasteiger partial charge in [0.2, 0.25) is 0 Å². The van der Waals surface area contributed by atoms with Gasteiger partial charge in [0, 0.05) is 6.07 Å². The van der Waals surface area contributed by atoms with Crippen molar-refractivity contribution >= 4 is 17.6 Å². The Morgan fingerprint density at radius 3 is 2.40 bits per heavy atom. The number of nitro benzene ring substituents is 1. The number of rotatable bonds is 4. The second-order valence-corrected chi connectivity index (χ2v) is 4.82. The highest BCUT2D eigenvalue weighted by atomic mass is 16.6. The Morgan fingerprint density at radius 2 is 1.85 bits per heavy atom. The van der Waals surface area contributed by atoms with Crippen LogP contribution in [-0.2, 0) is 4.79 Å². The average molecular weight is 278 g/mol. The minimum absolute atomic E-state index is 0.120. The number of carbonyl (C=O) groups excluding carboxylic acids is 1. The summed E-state index contributed by atoms with van der Waals surface area (Å²) in [6.45, 7) is 0. The van der Waals surface area contributed by atoms with Crippen molar-refractivity contribution in [3.05, 3.63) is 39.9 Å². The van der Waals surface area contributed by atoms with Crippen molar-refractivity contribution in [3.8, 4) is 0 Å². The minimum Gasteiger partial charge on any atom is -0.480 e. The van der Waals surface area contributed by atoms with Crippen LogP contribution < -0.4 is 5.32 Å². The quantitative estimate of drug-likeness (QED) is 0.643. The summed E-state index contributed by atoms with van der Waals surface area (Å²) in [5.41, 5.74) is -1.76. The Hall–Kier alpha value is -2.44. The summed E-state index contributed by atoms with van der Waals surface area (Å²) in [5, 5.41) is 22.6. The highest BCUT2D eigenvalue weighted by molar-refractivity contribution is 6.01. The number of hydrogen-bond donors (Lipinski definition) is 2. The topological polar surface area (TPSA) is 110 Å². The van der Waals surface area contributed by atoms with Gasteiger partial charge in [-0.1, -0.05) is 25.0 Å². The van der Waals surface area contributed by atoms with Crippen molar-refractivity contribution in [2.75, 3.05) is 0 Å². The Bertz CT molecular complexity index is 564. The van der Waals surface area contributed by atoms with Crippen molar-refractivity contribution < 1.29 is 19.6 Å². The highest BCUT2D eigenvalue weighted by Crippen LogP contribution is 2.31. The van der Waals surface area contributed by atoms with Crippen molar-refractivity contribution in [2.45, 2.75) is 31.2 Å². The van der Waals surface area contributed by atoms with E-state index < -0.39 is 22.3 Å². The first-order valence-electron chi connectivity index (χ1n) is 6.26. The smallest absolute Gasteiger partial charge is 0.329 e. The van der Waals surface area contributed by atoms with Gasteiger partial charge in [0.15, 0.2) is 0 Å². The number of carboxylic acid groups (broad SMARTS) is 1. The lowest BCUT2D eigenvalue weighted by Gasteiger charge is -2.25. The van der Waals surface area contributed by atoms with E-state index in [-0.39, 0.29) is 11.3 Å². The van der Waals surface area contributed by atoms with Gasteiger partial charge in [-0.2, -0.15) is 0 Å². The summed E-state index contributed by atoms with van der Waals surface area (Å²) in [5.74, 6) is -1.82. The number of amides is 1. The molecular formula is C13H14N2O5. The van der Waals surface area contributed by atoms with Crippen LogP contribution in [0.15, 0.2) is 24.3 Å². The summed E-state index contributed by atoms with van der Waals surface area (Å²) in [6.07, 6.45) is 2.11. The number of hydrogen-bond acceptors (Lipinski definition) is 4. The third kappa shape index (κ3) is 2.47. The molecule has 0 spiro atoms. The first-order chi connectivity index (χ1) is 9.46. The molecule has 2 rings (SSSR count). The SMILES string of the molecule is O=C(NC1(C(=O)O)CCCC1)c1ccccc1[N+](=O)[O-]. The van der Waals surface area contributed by atoms with Gasteiger partial charge in [-0.05, 0) is 18.9 Å². The normalized spacial score (nSPS) is 16.6. The minimum atomic E-state index is -1.30. The lowest BCUT2D eigenvalue weighted by molar-refractivity contribution is -0.385. The van der Waals surface area contributed by atoms with E-state index in [0.29, 0.717) is 25.7 Å². The number of para-hydroxylation sites is 1. The zero-order valence-corrected chi connectivity index (χ0v) is 10.7. The zero-order chi connectivity index (χ0) is 14.8. The summed E-state index contributed by atoms with van der Waals surface area (Å²) in [4.78, 5) is 33.7. The van der Waals surface area contributed by atoms with Crippen LogP contribution in [-0.4, -0.2) is 27.4 Å². The molecule has 1 amide bonds. The van der Waals surface area contributed by atoms with Gasteiger partial charge in [0.1, 0.15) is 11.1 Å². The van der Waals surface area contributed by atoms with Crippen LogP contribution in [0.25, 0.3) is 0 Å². The zero-order valence-electron chi connectivity index (χ0n) is 10.7. The molecule has 1 aromatic carbocycles. The highest BCUT2D eigenvalue weighted by Gasteiger charge is 2.43. The number of carbonyl (C=O) groups is 2. The third-order valence-corrected chi connectivity index (χ3v) is 3.56. The first-order valence-corrected chi connectivity index (χ1v) is 6.26. The maximum atomic E-state index is 12.2. The first kappa shape index (κ1) is 14.0. The predicted molar refractivity (Wildman–Crippen MR) is 69.4 cm³/mol. The largest absolute Gasteiger partial charge is 0.480 e. The number of benzene rings is 1. The second-order valence-electron chi connectivity index (χ2n) is 4.82. The van der Waals surface area contributed by atoms with E-state index in [1.807, 2.05) is 0 Å². The number of nitrogens with zero attached hydrogens (tertiary/aromatic N) is 1. The Labute approximate surface area is 114 Å². The molecule has 7 heteroatoms. The van der Waals surface area contributed by atoms with E-state index in [2.05, 4.69) is 5.32 Å². The van der Waals surface area contributed by atoms with Gasteiger partial charge < -0.3 is 10.4 Å². The second kappa shape index (κ2) is 5.28. The molecule has 106 valence electrons. The molecule has 0 aromatic heterocycles. The molecule has 0 aliphatic heterocycles. The molecular weight excluding hydrogens is 264 g/mol. The van der Waals surface area contributed by atoms with Crippen LogP contribution in [0.3, 0.4) is 0 Å². The van der Waals surface area contributed by atoms with Crippen molar-refractivity contribution in [3.63, 3.8) is 0 Å². The molecule has 0 radical (unpaired) electrons. The fourth-order valence-electron chi connectivity index (χ4n) is 2.48. The van der Waals surface area contributed by atoms with Crippen LogP contribution >= 0.6 is 0 Å². The summed E-state index contributed by atoms with van der Waals surface area (Å²) in [6, 6.07) is 5.50. The summed E-state index contributed by atoms with van der Waals surface area (Å²) >= 11 is 0. The van der Waals surface area contributed by atoms with Crippen molar-refractivity contribution in [1.82, 2.24) is 5.32 Å². The maximum Gasteiger partial charge on any atom is 0.329 e. The van der Waals surface area contributed by atoms with Crippen LogP contribution in [0.5, 0.6) is 0 Å². The molecule has 0 atom stereocenters. The van der Waals surface area contributed by atoms with Gasteiger partial charge in [-0.15, -0.1) is 0 Å². The molecule has 1 saturated carbocycles. The fourth-order valence-corrected chi connectivity index (χ4v) is 2.48. The standard InChI is InChI=1S/C13H14N2O5/c16-11(9-5-1-2-6-10(9)15(19)20)14-13(12(17)18)7-3-4-8-13/h1-2,5-6H,3-4,7-8H2,(H,14,16)(H,17,18). The monoisotopic (exact) mass is 278 g/mol. The van der Waals surface area contributed by atoms with E-state index in [9.17, 15) is 24.8 Å². The molecule has 7 nitrogen and oxygen atoms in total. The molecule has 1 aliphatic rings. The fraction of sp³-hybridized carbons (Fsp3) is 0.385. The van der Waals surface area contributed by atoms with E-state index >= 15 is 0 Å². The van der Waals surface area contributed by atoms with Crippen LogP contribution in [0, 0.1) is 10.1 Å². The van der Waals surface area contributed by atoms with Gasteiger partial charge >= 0.3 is 5.97 Å². The third-order valence-electron chi connectivity index (χ3n) is 3.56. The molecule has 0 saturated heterocycles. The lowest BCUT2D eigenvalue weighted by Crippen LogP contribution is -2.52. The van der Waals surface area contributed by atoms with Crippen LogP contribution in [0.4, 0.5) is 5.69 Å². The van der Waals surface area contributed by atoms with Gasteiger partial charge in [0.25, 0.3) is 11.6 Å². The molecule has 2 N–H and O–H groups in total. The van der Waals surface area contributed by atoms with Crippen molar-refractivity contribution in [2.24, 2.45) is 0 Å². The average Bonchev–Trinajstić information content (AvgIpc) is 2.88. The Balaban J connectivity index is 2.28. The Morgan fingerprint density at radius 1 is 1.25 bits per heavy atom. The van der Waals surface area contributed by atoms with Crippen molar-refractivity contribution in [1.29, 1.82) is 0 Å². The molecule has 0 heterocycles. The lowest BCUT2D eigenvalue weighted by atomic mass is 9.97. The molecule has 20 heavy (non-hydrogen) atoms. The molecule has 1 aliphatic carbocycles. The Kier molecular flexibility index (Phi) is 3.69. The molecule has 1 fully saturated rings. The van der Waals surface area contributed by atoms with Gasteiger partial charge in [0.05, 0.1) is 4.92 Å². The van der Waals surface area contributed by atoms with Crippen LogP contribution in [0.1, 0.15) is 36.0 Å². The number of carboxylic acids is 1.